The predicted octanol–water partition coefficient (Wildman–Crippen LogP) is 2.64. The molecule has 2 rings (SSSR count). The monoisotopic (exact) mass is 285 g/mol. The lowest BCUT2D eigenvalue weighted by atomic mass is 10.1. The molecule has 0 saturated carbocycles. The van der Waals surface area contributed by atoms with Crippen LogP contribution in [0.5, 0.6) is 11.5 Å². The van der Waals surface area contributed by atoms with Crippen LogP contribution in [-0.2, 0) is 0 Å². The van der Waals surface area contributed by atoms with Crippen molar-refractivity contribution in [3.63, 3.8) is 0 Å². The molecule has 0 aliphatic carbocycles. The van der Waals surface area contributed by atoms with E-state index in [1.165, 1.54) is 18.2 Å². The van der Waals surface area contributed by atoms with Gasteiger partial charge in [0.15, 0.2) is 0 Å². The molecule has 6 heteroatoms. The molecule has 4 N–H and O–H groups in total. The second kappa shape index (κ2) is 6.42. The number of nitrogens with zero attached hydrogens (tertiary/aromatic N) is 1. The lowest BCUT2D eigenvalue weighted by Gasteiger charge is -2.07. The number of hydrogen-bond acceptors (Lipinski definition) is 4. The van der Waals surface area contributed by atoms with Gasteiger partial charge in [0.25, 0.3) is 0 Å². The summed E-state index contributed by atoms with van der Waals surface area (Å²) in [6.45, 7) is 1.61. The Hall–Kier alpha value is -3.02. The molecule has 0 aliphatic rings. The fourth-order valence-corrected chi connectivity index (χ4v) is 1.69. The van der Waals surface area contributed by atoms with Gasteiger partial charge in [-0.1, -0.05) is 18.2 Å². The normalized spacial score (nSPS) is 11.0. The van der Waals surface area contributed by atoms with E-state index >= 15 is 0 Å². The van der Waals surface area contributed by atoms with Crippen LogP contribution in [0, 0.1) is 0 Å². The molecule has 21 heavy (non-hydrogen) atoms. The van der Waals surface area contributed by atoms with Gasteiger partial charge in [-0.25, -0.2) is 10.2 Å². The maximum Gasteiger partial charge on any atom is 0.339 e. The van der Waals surface area contributed by atoms with Crippen molar-refractivity contribution in [1.29, 1.82) is 0 Å². The van der Waals surface area contributed by atoms with Crippen LogP contribution >= 0.6 is 0 Å². The molecule has 2 amide bonds. The van der Waals surface area contributed by atoms with E-state index in [0.717, 1.165) is 0 Å². The molecule has 2 aromatic rings. The molecule has 0 heterocycles. The maximum absolute atomic E-state index is 11.7. The number of anilines is 1. The Labute approximate surface area is 121 Å². The lowest BCUT2D eigenvalue weighted by Crippen LogP contribution is -2.25. The summed E-state index contributed by atoms with van der Waals surface area (Å²) in [5.74, 6) is -0.0228. The highest BCUT2D eigenvalue weighted by Gasteiger charge is 2.07. The maximum atomic E-state index is 11.7. The highest BCUT2D eigenvalue weighted by Crippen LogP contribution is 2.22. The number of amides is 2. The number of rotatable bonds is 3. The molecule has 0 spiro atoms. The van der Waals surface area contributed by atoms with Crippen LogP contribution in [-0.4, -0.2) is 22.0 Å². The van der Waals surface area contributed by atoms with Crippen molar-refractivity contribution >= 4 is 17.4 Å². The largest absolute Gasteiger partial charge is 0.508 e. The van der Waals surface area contributed by atoms with Crippen LogP contribution in [0.2, 0.25) is 0 Å². The number of phenolic OH excluding ortho intramolecular Hbond substituents is 2. The third kappa shape index (κ3) is 3.97. The number of aromatic hydroxyl groups is 2. The Balaban J connectivity index is 2.03. The predicted molar refractivity (Wildman–Crippen MR) is 80.6 cm³/mol. The van der Waals surface area contributed by atoms with Crippen molar-refractivity contribution in [2.24, 2.45) is 5.10 Å². The average molecular weight is 285 g/mol. The van der Waals surface area contributed by atoms with Crippen LogP contribution < -0.4 is 10.7 Å². The van der Waals surface area contributed by atoms with E-state index < -0.39 is 6.03 Å². The summed E-state index contributed by atoms with van der Waals surface area (Å²) < 4.78 is 0. The molecule has 0 atom stereocenters. The van der Waals surface area contributed by atoms with Crippen molar-refractivity contribution in [3.8, 4) is 11.5 Å². The van der Waals surface area contributed by atoms with Crippen molar-refractivity contribution in [2.45, 2.75) is 6.92 Å². The summed E-state index contributed by atoms with van der Waals surface area (Å²) >= 11 is 0. The summed E-state index contributed by atoms with van der Waals surface area (Å²) in [5.41, 5.74) is 3.67. The lowest BCUT2D eigenvalue weighted by molar-refractivity contribution is 0.252. The minimum atomic E-state index is -0.500. The molecular weight excluding hydrogens is 270 g/mol. The van der Waals surface area contributed by atoms with Gasteiger partial charge in [0.2, 0.25) is 0 Å². The average Bonchev–Trinajstić information content (AvgIpc) is 2.48. The number of hydrogen-bond donors (Lipinski definition) is 4. The summed E-state index contributed by atoms with van der Waals surface area (Å²) in [6, 6.07) is 12.5. The highest BCUT2D eigenvalue weighted by atomic mass is 16.3. The third-order valence-electron chi connectivity index (χ3n) is 2.73. The Bertz CT molecular complexity index is 669. The third-order valence-corrected chi connectivity index (χ3v) is 2.73. The van der Waals surface area contributed by atoms with E-state index in [1.807, 2.05) is 6.07 Å². The van der Waals surface area contributed by atoms with Crippen LogP contribution in [0.15, 0.2) is 53.6 Å². The number of urea groups is 1. The molecule has 6 nitrogen and oxygen atoms in total. The van der Waals surface area contributed by atoms with Crippen molar-refractivity contribution in [3.05, 3.63) is 54.1 Å². The van der Waals surface area contributed by atoms with Crippen LogP contribution in [0.4, 0.5) is 10.5 Å². The SMILES string of the molecule is C/C(=N/NC(=O)Nc1ccccc1)c1cc(O)ccc1O. The molecule has 108 valence electrons. The Morgan fingerprint density at radius 1 is 1.10 bits per heavy atom. The van der Waals surface area contributed by atoms with Gasteiger partial charge >= 0.3 is 6.03 Å². The molecule has 0 aliphatic heterocycles. The van der Waals surface area contributed by atoms with Crippen LogP contribution in [0.25, 0.3) is 0 Å². The fourth-order valence-electron chi connectivity index (χ4n) is 1.69. The first-order chi connectivity index (χ1) is 10.1. The Morgan fingerprint density at radius 2 is 1.81 bits per heavy atom. The van der Waals surface area contributed by atoms with Gasteiger partial charge in [-0.2, -0.15) is 5.10 Å². The van der Waals surface area contributed by atoms with Crippen LogP contribution in [0.3, 0.4) is 0 Å². The van der Waals surface area contributed by atoms with E-state index in [2.05, 4.69) is 15.8 Å². The topological polar surface area (TPSA) is 94.0 Å². The van der Waals surface area contributed by atoms with Gasteiger partial charge < -0.3 is 15.5 Å². The fraction of sp³-hybridized carbons (Fsp3) is 0.0667. The minimum absolute atomic E-state index is 0.00564. The Morgan fingerprint density at radius 3 is 2.52 bits per heavy atom. The number of hydrazone groups is 1. The zero-order valence-corrected chi connectivity index (χ0v) is 11.4. The van der Waals surface area contributed by atoms with Crippen molar-refractivity contribution < 1.29 is 15.0 Å². The van der Waals surface area contributed by atoms with E-state index in [4.69, 9.17) is 0 Å². The first-order valence-corrected chi connectivity index (χ1v) is 6.25. The van der Waals surface area contributed by atoms with Gasteiger partial charge in [-0.05, 0) is 37.3 Å². The van der Waals surface area contributed by atoms with Crippen molar-refractivity contribution in [1.82, 2.24) is 5.43 Å². The zero-order chi connectivity index (χ0) is 15.2. The van der Waals surface area contributed by atoms with Crippen molar-refractivity contribution in [2.75, 3.05) is 5.32 Å². The van der Waals surface area contributed by atoms with Crippen LogP contribution in [0.1, 0.15) is 12.5 Å². The molecule has 0 radical (unpaired) electrons. The first kappa shape index (κ1) is 14.4. The van der Waals surface area contributed by atoms with Gasteiger partial charge in [0.1, 0.15) is 11.5 Å². The second-order valence-corrected chi connectivity index (χ2v) is 4.33. The standard InChI is InChI=1S/C15H15N3O3/c1-10(13-9-12(19)7-8-14(13)20)17-18-15(21)16-11-5-3-2-4-6-11/h2-9,19-20H,1H3,(H2,16,18,21)/b17-10-. The van der Waals surface area contributed by atoms with Gasteiger partial charge in [-0.3, -0.25) is 0 Å². The molecule has 2 aromatic carbocycles. The number of para-hydroxylation sites is 1. The summed E-state index contributed by atoms with van der Waals surface area (Å²) in [7, 11) is 0. The molecule has 0 bridgehead atoms. The first-order valence-electron chi connectivity index (χ1n) is 6.25. The minimum Gasteiger partial charge on any atom is -0.508 e. The zero-order valence-electron chi connectivity index (χ0n) is 11.4. The van der Waals surface area contributed by atoms with Gasteiger partial charge in [0.05, 0.1) is 5.71 Å². The van der Waals surface area contributed by atoms with E-state index in [-0.39, 0.29) is 11.5 Å². The number of carbonyl (C=O) groups excluding carboxylic acids is 1. The van der Waals surface area contributed by atoms with E-state index in [1.54, 1.807) is 31.2 Å². The summed E-state index contributed by atoms with van der Waals surface area (Å²) in [6.07, 6.45) is 0. The quantitative estimate of drug-likeness (QED) is 0.397. The molecule has 0 fully saturated rings. The molecule has 0 unspecified atom stereocenters. The van der Waals surface area contributed by atoms with E-state index in [0.29, 0.717) is 17.0 Å². The number of carbonyl (C=O) groups is 1. The Kier molecular flexibility index (Phi) is 4.40. The molecule has 0 aromatic heterocycles. The smallest absolute Gasteiger partial charge is 0.339 e. The molecular formula is C15H15N3O3. The molecule has 0 saturated heterocycles. The second-order valence-electron chi connectivity index (χ2n) is 4.33. The summed E-state index contributed by atoms with van der Waals surface area (Å²) in [5, 5.41) is 25.6. The number of phenols is 2. The van der Waals surface area contributed by atoms with Gasteiger partial charge in [-0.15, -0.1) is 0 Å². The number of nitrogens with one attached hydrogen (secondary N) is 2. The highest BCUT2D eigenvalue weighted by molar-refractivity contribution is 6.02. The summed E-state index contributed by atoms with van der Waals surface area (Å²) in [4.78, 5) is 11.7. The van der Waals surface area contributed by atoms with Gasteiger partial charge in [0, 0.05) is 11.3 Å². The number of benzene rings is 2. The van der Waals surface area contributed by atoms with E-state index in [9.17, 15) is 15.0 Å².